The molecular formula is C18H21ClN2O2. The van der Waals surface area contributed by atoms with E-state index in [1.54, 1.807) is 11.9 Å². The Labute approximate surface area is 141 Å². The molecule has 122 valence electrons. The van der Waals surface area contributed by atoms with Gasteiger partial charge in [0.2, 0.25) is 0 Å². The van der Waals surface area contributed by atoms with E-state index in [1.165, 1.54) is 0 Å². The number of fused-ring (bicyclic) bond motifs is 3. The first-order valence-corrected chi connectivity index (χ1v) is 7.44. The van der Waals surface area contributed by atoms with Crippen molar-refractivity contribution in [3.05, 3.63) is 47.7 Å². The Kier molecular flexibility index (Phi) is 5.29. The normalized spacial score (nSPS) is 10.7. The van der Waals surface area contributed by atoms with Crippen molar-refractivity contribution in [3.63, 3.8) is 0 Å². The van der Waals surface area contributed by atoms with E-state index in [9.17, 15) is 4.79 Å². The zero-order chi connectivity index (χ0) is 15.7. The van der Waals surface area contributed by atoms with Crippen molar-refractivity contribution in [2.75, 3.05) is 27.2 Å². The number of nitrogens with one attached hydrogen (secondary N) is 1. The summed E-state index contributed by atoms with van der Waals surface area (Å²) >= 11 is 0. The summed E-state index contributed by atoms with van der Waals surface area (Å²) in [6.45, 7) is 3.34. The monoisotopic (exact) mass is 332 g/mol. The highest BCUT2D eigenvalue weighted by atomic mass is 35.5. The third-order valence-electron chi connectivity index (χ3n) is 4.07. The molecule has 0 radical (unpaired) electrons. The number of rotatable bonds is 4. The third kappa shape index (κ3) is 3.05. The first kappa shape index (κ1) is 17.3. The number of halogens is 1. The minimum atomic E-state index is -0.0759. The summed E-state index contributed by atoms with van der Waals surface area (Å²) in [6, 6.07) is 12.2. The van der Waals surface area contributed by atoms with Gasteiger partial charge in [-0.2, -0.15) is 0 Å². The zero-order valence-corrected chi connectivity index (χ0v) is 14.4. The molecule has 0 fully saturated rings. The van der Waals surface area contributed by atoms with Crippen molar-refractivity contribution in [1.82, 2.24) is 10.2 Å². The van der Waals surface area contributed by atoms with Crippen molar-refractivity contribution in [2.45, 2.75) is 6.92 Å². The topological polar surface area (TPSA) is 45.5 Å². The fourth-order valence-corrected chi connectivity index (χ4v) is 2.71. The molecule has 3 aromatic rings. The third-order valence-corrected chi connectivity index (χ3v) is 4.07. The molecule has 3 rings (SSSR count). The molecular weight excluding hydrogens is 312 g/mol. The Balaban J connectivity index is 0.00000192. The van der Waals surface area contributed by atoms with E-state index in [0.29, 0.717) is 12.3 Å². The molecule has 23 heavy (non-hydrogen) atoms. The zero-order valence-electron chi connectivity index (χ0n) is 13.6. The van der Waals surface area contributed by atoms with Gasteiger partial charge in [-0.3, -0.25) is 4.79 Å². The van der Waals surface area contributed by atoms with Crippen molar-refractivity contribution in [2.24, 2.45) is 0 Å². The number of carbonyl (C=O) groups is 1. The van der Waals surface area contributed by atoms with E-state index in [2.05, 4.69) is 11.4 Å². The Hall–Kier alpha value is -2.04. The lowest BCUT2D eigenvalue weighted by Gasteiger charge is -2.15. The first-order valence-electron chi connectivity index (χ1n) is 7.44. The van der Waals surface area contributed by atoms with Gasteiger partial charge in [-0.25, -0.2) is 0 Å². The van der Waals surface area contributed by atoms with Crippen LogP contribution in [0.2, 0.25) is 0 Å². The van der Waals surface area contributed by atoms with Crippen molar-refractivity contribution in [1.29, 1.82) is 0 Å². The SMILES string of the molecule is CNCCN(C)C(=O)c1oc2c(ccc3ccccc32)c1C.Cl. The minimum absolute atomic E-state index is 0. The van der Waals surface area contributed by atoms with Crippen molar-refractivity contribution in [3.8, 4) is 0 Å². The van der Waals surface area contributed by atoms with Gasteiger partial charge < -0.3 is 14.6 Å². The number of nitrogens with zero attached hydrogens (tertiary/aromatic N) is 1. The van der Waals surface area contributed by atoms with E-state index >= 15 is 0 Å². The predicted octanol–water partition coefficient (Wildman–Crippen LogP) is 3.61. The molecule has 0 aliphatic carbocycles. The smallest absolute Gasteiger partial charge is 0.289 e. The van der Waals surface area contributed by atoms with Crippen LogP contribution in [-0.2, 0) is 0 Å². The highest BCUT2D eigenvalue weighted by Gasteiger charge is 2.21. The van der Waals surface area contributed by atoms with Gasteiger partial charge in [-0.05, 0) is 19.4 Å². The van der Waals surface area contributed by atoms with Crippen LogP contribution < -0.4 is 5.32 Å². The van der Waals surface area contributed by atoms with Crippen molar-refractivity contribution >= 4 is 40.1 Å². The molecule has 1 amide bonds. The molecule has 0 unspecified atom stereocenters. The molecule has 1 heterocycles. The van der Waals surface area contributed by atoms with Gasteiger partial charge in [0.1, 0.15) is 5.58 Å². The van der Waals surface area contributed by atoms with Crippen LogP contribution in [0.4, 0.5) is 0 Å². The average Bonchev–Trinajstić information content (AvgIpc) is 2.89. The van der Waals surface area contributed by atoms with Gasteiger partial charge in [0.15, 0.2) is 5.76 Å². The number of likely N-dealkylation sites (N-methyl/N-ethyl adjacent to an activating group) is 2. The second-order valence-electron chi connectivity index (χ2n) is 5.55. The number of amides is 1. The maximum absolute atomic E-state index is 12.6. The van der Waals surface area contributed by atoms with Gasteiger partial charge in [0.05, 0.1) is 0 Å². The minimum Gasteiger partial charge on any atom is -0.450 e. The summed E-state index contributed by atoms with van der Waals surface area (Å²) in [5.74, 6) is 0.359. The van der Waals surface area contributed by atoms with Crippen LogP contribution in [0.15, 0.2) is 40.8 Å². The number of hydrogen-bond acceptors (Lipinski definition) is 3. The van der Waals surface area contributed by atoms with E-state index in [4.69, 9.17) is 4.42 Å². The second kappa shape index (κ2) is 7.02. The van der Waals surface area contributed by atoms with Crippen LogP contribution >= 0.6 is 12.4 Å². The first-order chi connectivity index (χ1) is 10.6. The summed E-state index contributed by atoms with van der Waals surface area (Å²) < 4.78 is 5.96. The van der Waals surface area contributed by atoms with E-state index < -0.39 is 0 Å². The van der Waals surface area contributed by atoms with Crippen LogP contribution in [0.5, 0.6) is 0 Å². The summed E-state index contributed by atoms with van der Waals surface area (Å²) in [5, 5.41) is 6.21. The lowest BCUT2D eigenvalue weighted by molar-refractivity contribution is 0.0767. The lowest BCUT2D eigenvalue weighted by atomic mass is 10.1. The standard InChI is InChI=1S/C18H20N2O2.ClH/c1-12-14-9-8-13-6-4-5-7-15(13)17(14)22-16(12)18(21)20(3)11-10-19-2;/h4-9,19H,10-11H2,1-3H3;1H. The van der Waals surface area contributed by atoms with Crippen molar-refractivity contribution < 1.29 is 9.21 Å². The fourth-order valence-electron chi connectivity index (χ4n) is 2.71. The van der Waals surface area contributed by atoms with Crippen LogP contribution in [0, 0.1) is 6.92 Å². The Morgan fingerprint density at radius 3 is 2.65 bits per heavy atom. The highest BCUT2D eigenvalue weighted by molar-refractivity contribution is 6.08. The highest BCUT2D eigenvalue weighted by Crippen LogP contribution is 2.32. The number of carbonyl (C=O) groups excluding carboxylic acids is 1. The molecule has 1 N–H and O–H groups in total. The summed E-state index contributed by atoms with van der Waals surface area (Å²) in [7, 11) is 3.67. The number of hydrogen-bond donors (Lipinski definition) is 1. The molecule has 0 saturated carbocycles. The van der Waals surface area contributed by atoms with E-state index in [0.717, 1.165) is 33.8 Å². The molecule has 0 aliphatic rings. The molecule has 4 nitrogen and oxygen atoms in total. The molecule has 2 aromatic carbocycles. The van der Waals surface area contributed by atoms with Gasteiger partial charge in [0.25, 0.3) is 5.91 Å². The lowest BCUT2D eigenvalue weighted by Crippen LogP contribution is -2.32. The average molecular weight is 333 g/mol. The van der Waals surface area contributed by atoms with Gasteiger partial charge in [-0.15, -0.1) is 12.4 Å². The van der Waals surface area contributed by atoms with Crippen LogP contribution in [0.1, 0.15) is 16.1 Å². The number of benzene rings is 2. The quantitative estimate of drug-likeness (QED) is 0.794. The molecule has 5 heteroatoms. The molecule has 0 spiro atoms. The molecule has 0 aliphatic heterocycles. The Morgan fingerprint density at radius 2 is 1.91 bits per heavy atom. The van der Waals surface area contributed by atoms with E-state index in [1.807, 2.05) is 44.3 Å². The van der Waals surface area contributed by atoms with Gasteiger partial charge in [0, 0.05) is 36.5 Å². The molecule has 0 saturated heterocycles. The summed E-state index contributed by atoms with van der Waals surface area (Å²) in [6.07, 6.45) is 0. The van der Waals surface area contributed by atoms with Crippen LogP contribution in [0.25, 0.3) is 21.7 Å². The summed E-state index contributed by atoms with van der Waals surface area (Å²) in [5.41, 5.74) is 1.70. The maximum atomic E-state index is 12.6. The van der Waals surface area contributed by atoms with Crippen LogP contribution in [-0.4, -0.2) is 38.0 Å². The number of furan rings is 1. The Morgan fingerprint density at radius 1 is 1.17 bits per heavy atom. The summed E-state index contributed by atoms with van der Waals surface area (Å²) in [4.78, 5) is 14.3. The van der Waals surface area contributed by atoms with Gasteiger partial charge in [-0.1, -0.05) is 36.4 Å². The van der Waals surface area contributed by atoms with Crippen LogP contribution in [0.3, 0.4) is 0 Å². The number of aryl methyl sites for hydroxylation is 1. The molecule has 1 aromatic heterocycles. The second-order valence-corrected chi connectivity index (χ2v) is 5.55. The largest absolute Gasteiger partial charge is 0.450 e. The van der Waals surface area contributed by atoms with Gasteiger partial charge >= 0.3 is 0 Å². The fraction of sp³-hybridized carbons (Fsp3) is 0.278. The Bertz CT molecular complexity index is 842. The molecule has 0 atom stereocenters. The molecule has 0 bridgehead atoms. The maximum Gasteiger partial charge on any atom is 0.289 e. The predicted molar refractivity (Wildman–Crippen MR) is 96.6 cm³/mol. The van der Waals surface area contributed by atoms with E-state index in [-0.39, 0.29) is 18.3 Å².